The Kier molecular flexibility index (Phi) is 2.26. The molecular formula is C13H13N5O. The Hall–Kier alpha value is -2.37. The van der Waals surface area contributed by atoms with E-state index in [1.54, 1.807) is 12.5 Å². The molecule has 6 heteroatoms. The highest BCUT2D eigenvalue weighted by atomic mass is 16.3. The van der Waals surface area contributed by atoms with E-state index in [0.717, 1.165) is 36.3 Å². The smallest absolute Gasteiger partial charge is 0.195 e. The van der Waals surface area contributed by atoms with Crippen LogP contribution in [0, 0.1) is 0 Å². The Morgan fingerprint density at radius 2 is 2.37 bits per heavy atom. The minimum Gasteiger partial charge on any atom is -0.460 e. The first-order valence-corrected chi connectivity index (χ1v) is 6.35. The predicted octanol–water partition coefficient (Wildman–Crippen LogP) is 1.87. The van der Waals surface area contributed by atoms with Crippen LogP contribution in [-0.2, 0) is 0 Å². The molecule has 3 aromatic rings. The highest BCUT2D eigenvalue weighted by Crippen LogP contribution is 2.30. The van der Waals surface area contributed by atoms with Crippen LogP contribution in [0.4, 0.5) is 5.82 Å². The molecule has 0 N–H and O–H groups in total. The van der Waals surface area contributed by atoms with Crippen LogP contribution in [0.1, 0.15) is 12.5 Å². The molecule has 1 atom stereocenters. The van der Waals surface area contributed by atoms with Crippen molar-refractivity contribution in [2.75, 3.05) is 18.0 Å². The normalized spacial score (nSPS) is 19.4. The van der Waals surface area contributed by atoms with Gasteiger partial charge in [-0.1, -0.05) is 0 Å². The molecule has 0 amide bonds. The van der Waals surface area contributed by atoms with E-state index in [1.165, 1.54) is 0 Å². The second kappa shape index (κ2) is 4.08. The summed E-state index contributed by atoms with van der Waals surface area (Å²) in [5.41, 5.74) is 0.816. The highest BCUT2D eigenvalue weighted by Gasteiger charge is 2.27. The Labute approximate surface area is 109 Å². The highest BCUT2D eigenvalue weighted by molar-refractivity contribution is 5.86. The fraction of sp³-hybridized carbons (Fsp3) is 0.308. The maximum atomic E-state index is 5.52. The van der Waals surface area contributed by atoms with Gasteiger partial charge in [0.25, 0.3) is 0 Å². The lowest BCUT2D eigenvalue weighted by atomic mass is 10.3. The summed E-state index contributed by atoms with van der Waals surface area (Å²) in [7, 11) is 0. The second-order valence-electron chi connectivity index (χ2n) is 4.75. The Bertz CT molecular complexity index is 690. The predicted molar refractivity (Wildman–Crippen MR) is 69.9 cm³/mol. The topological polar surface area (TPSA) is 60.0 Å². The van der Waals surface area contributed by atoms with Gasteiger partial charge in [0.1, 0.15) is 0 Å². The molecule has 0 bridgehead atoms. The van der Waals surface area contributed by atoms with Crippen molar-refractivity contribution in [3.63, 3.8) is 0 Å². The molecule has 1 aliphatic heterocycles. The Morgan fingerprint density at radius 3 is 3.26 bits per heavy atom. The van der Waals surface area contributed by atoms with Crippen molar-refractivity contribution < 1.29 is 4.42 Å². The van der Waals surface area contributed by atoms with Crippen LogP contribution in [-0.4, -0.2) is 33.1 Å². The molecule has 1 fully saturated rings. The molecule has 6 nitrogen and oxygen atoms in total. The van der Waals surface area contributed by atoms with Gasteiger partial charge in [-0.15, -0.1) is 5.10 Å². The molecule has 0 aliphatic carbocycles. The summed E-state index contributed by atoms with van der Waals surface area (Å²) >= 11 is 0. The quantitative estimate of drug-likeness (QED) is 0.699. The lowest BCUT2D eigenvalue weighted by Gasteiger charge is -2.16. The molecule has 0 saturated carbocycles. The molecule has 1 unspecified atom stereocenters. The third-order valence-electron chi connectivity index (χ3n) is 3.61. The van der Waals surface area contributed by atoms with Gasteiger partial charge in [0.15, 0.2) is 11.4 Å². The van der Waals surface area contributed by atoms with Crippen molar-refractivity contribution in [3.05, 3.63) is 37.0 Å². The van der Waals surface area contributed by atoms with Crippen LogP contribution in [0.3, 0.4) is 0 Å². The maximum Gasteiger partial charge on any atom is 0.195 e. The number of furan rings is 1. The lowest BCUT2D eigenvalue weighted by molar-refractivity contribution is 0.494. The van der Waals surface area contributed by atoms with Crippen LogP contribution in [0.2, 0.25) is 0 Å². The number of rotatable bonds is 2. The molecule has 4 heterocycles. The van der Waals surface area contributed by atoms with E-state index in [1.807, 2.05) is 29.2 Å². The summed E-state index contributed by atoms with van der Waals surface area (Å²) in [6, 6.07) is 4.26. The first kappa shape index (κ1) is 10.5. The summed E-state index contributed by atoms with van der Waals surface area (Å²) in [4.78, 5) is 2.21. The van der Waals surface area contributed by atoms with Gasteiger partial charge >= 0.3 is 0 Å². The largest absolute Gasteiger partial charge is 0.460 e. The van der Waals surface area contributed by atoms with Gasteiger partial charge in [0, 0.05) is 30.9 Å². The fourth-order valence-corrected chi connectivity index (χ4v) is 2.65. The zero-order chi connectivity index (χ0) is 12.7. The molecular weight excluding hydrogens is 242 g/mol. The number of fused-ring (bicyclic) bond motifs is 1. The Balaban J connectivity index is 1.66. The second-order valence-corrected chi connectivity index (χ2v) is 4.75. The van der Waals surface area contributed by atoms with Gasteiger partial charge < -0.3 is 9.32 Å². The van der Waals surface area contributed by atoms with Crippen molar-refractivity contribution >= 4 is 16.8 Å². The van der Waals surface area contributed by atoms with Crippen molar-refractivity contribution in [2.24, 2.45) is 0 Å². The lowest BCUT2D eigenvalue weighted by Crippen LogP contribution is -2.22. The summed E-state index contributed by atoms with van der Waals surface area (Å²) < 4.78 is 7.53. The average Bonchev–Trinajstić information content (AvgIpc) is 3.18. The fourth-order valence-electron chi connectivity index (χ4n) is 2.65. The van der Waals surface area contributed by atoms with Crippen molar-refractivity contribution in [1.29, 1.82) is 0 Å². The summed E-state index contributed by atoms with van der Waals surface area (Å²) in [5.74, 6) is 0.831. The average molecular weight is 255 g/mol. The zero-order valence-electron chi connectivity index (χ0n) is 10.3. The standard InChI is InChI=1S/C13H13N5O/c1-4-15-18(5-1)11-2-6-17(9-11)13-12-10(3-7-19-12)8-14-16-13/h1,3-5,7-8,11H,2,6,9H2. The number of hydrogen-bond acceptors (Lipinski definition) is 5. The summed E-state index contributed by atoms with van der Waals surface area (Å²) in [6.07, 6.45) is 8.28. The van der Waals surface area contributed by atoms with E-state index in [0.29, 0.717) is 6.04 Å². The van der Waals surface area contributed by atoms with Crippen LogP contribution < -0.4 is 4.90 Å². The van der Waals surface area contributed by atoms with Gasteiger partial charge in [-0.2, -0.15) is 10.2 Å². The van der Waals surface area contributed by atoms with Crippen LogP contribution in [0.15, 0.2) is 41.4 Å². The molecule has 19 heavy (non-hydrogen) atoms. The number of anilines is 1. The van der Waals surface area contributed by atoms with Crippen molar-refractivity contribution in [1.82, 2.24) is 20.0 Å². The van der Waals surface area contributed by atoms with Crippen molar-refractivity contribution in [2.45, 2.75) is 12.5 Å². The molecule has 0 aromatic carbocycles. The van der Waals surface area contributed by atoms with Gasteiger partial charge in [-0.3, -0.25) is 4.68 Å². The van der Waals surface area contributed by atoms with Gasteiger partial charge in [-0.05, 0) is 18.6 Å². The molecule has 1 saturated heterocycles. The first-order chi connectivity index (χ1) is 9.42. The third kappa shape index (κ3) is 1.68. The van der Waals surface area contributed by atoms with Gasteiger partial charge in [-0.25, -0.2) is 0 Å². The third-order valence-corrected chi connectivity index (χ3v) is 3.61. The minimum absolute atomic E-state index is 0.391. The molecule has 0 spiro atoms. The summed E-state index contributed by atoms with van der Waals surface area (Å²) in [6.45, 7) is 1.83. The molecule has 3 aromatic heterocycles. The van der Waals surface area contributed by atoms with E-state index in [2.05, 4.69) is 20.2 Å². The van der Waals surface area contributed by atoms with Crippen molar-refractivity contribution in [3.8, 4) is 0 Å². The van der Waals surface area contributed by atoms with Gasteiger partial charge in [0.2, 0.25) is 0 Å². The van der Waals surface area contributed by atoms with E-state index >= 15 is 0 Å². The van der Waals surface area contributed by atoms with Crippen LogP contribution in [0.5, 0.6) is 0 Å². The SMILES string of the molecule is c1cnn(C2CCN(c3nncc4ccoc34)C2)c1. The van der Waals surface area contributed by atoms with Gasteiger partial charge in [0.05, 0.1) is 18.5 Å². The monoisotopic (exact) mass is 255 g/mol. The van der Waals surface area contributed by atoms with E-state index in [9.17, 15) is 0 Å². The molecule has 96 valence electrons. The first-order valence-electron chi connectivity index (χ1n) is 6.35. The maximum absolute atomic E-state index is 5.52. The molecule has 0 radical (unpaired) electrons. The molecule has 1 aliphatic rings. The van der Waals surface area contributed by atoms with Crippen LogP contribution >= 0.6 is 0 Å². The summed E-state index contributed by atoms with van der Waals surface area (Å²) in [5, 5.41) is 13.6. The van der Waals surface area contributed by atoms with E-state index < -0.39 is 0 Å². The minimum atomic E-state index is 0.391. The number of nitrogens with zero attached hydrogens (tertiary/aromatic N) is 5. The van der Waals surface area contributed by atoms with E-state index in [-0.39, 0.29) is 0 Å². The number of aromatic nitrogens is 4. The molecule has 4 rings (SSSR count). The Morgan fingerprint density at radius 1 is 1.37 bits per heavy atom. The number of hydrogen-bond donors (Lipinski definition) is 0. The van der Waals surface area contributed by atoms with E-state index in [4.69, 9.17) is 4.42 Å². The zero-order valence-corrected chi connectivity index (χ0v) is 10.3. The van der Waals surface area contributed by atoms with Crippen LogP contribution in [0.25, 0.3) is 11.0 Å².